The number of halogens is 2. The minimum atomic E-state index is -1.19. The van der Waals surface area contributed by atoms with Gasteiger partial charge in [0.2, 0.25) is 0 Å². The summed E-state index contributed by atoms with van der Waals surface area (Å²) in [7, 11) is 1.25. The van der Waals surface area contributed by atoms with Crippen molar-refractivity contribution in [1.29, 1.82) is 0 Å². The Labute approximate surface area is 430 Å². The number of hydrogen-bond acceptors (Lipinski definition) is 11. The molecule has 0 saturated carbocycles. The Bertz CT molecular complexity index is 2220. The highest BCUT2D eigenvalue weighted by Gasteiger charge is 2.31. The summed E-state index contributed by atoms with van der Waals surface area (Å²) in [5.41, 5.74) is 2.55. The minimum Gasteiger partial charge on any atom is -0.480 e. The van der Waals surface area contributed by atoms with Crippen LogP contribution < -0.4 is 10.6 Å². The third-order valence-electron chi connectivity index (χ3n) is 11.7. The van der Waals surface area contributed by atoms with Crippen LogP contribution >= 0.6 is 0 Å². The van der Waals surface area contributed by atoms with Crippen LogP contribution in [0.25, 0.3) is 0 Å². The lowest BCUT2D eigenvalue weighted by Crippen LogP contribution is -2.45. The largest absolute Gasteiger partial charge is 0.480 e. The van der Waals surface area contributed by atoms with Gasteiger partial charge in [-0.1, -0.05) is 84.9 Å². The molecule has 0 radical (unpaired) electrons. The van der Waals surface area contributed by atoms with Crippen LogP contribution in [-0.4, -0.2) is 107 Å². The Kier molecular flexibility index (Phi) is 26.0. The molecule has 4 rings (SSSR count). The maximum absolute atomic E-state index is 13.4. The number of aryl methyl sites for hydroxylation is 2. The monoisotopic (exact) mass is 1020 g/mol. The van der Waals surface area contributed by atoms with Gasteiger partial charge in [-0.3, -0.25) is 0 Å². The van der Waals surface area contributed by atoms with Gasteiger partial charge in [0.05, 0.1) is 31.5 Å². The van der Waals surface area contributed by atoms with E-state index in [0.717, 1.165) is 28.7 Å². The number of benzene rings is 4. The number of ether oxygens (including phenoxy) is 5. The molecule has 0 bridgehead atoms. The number of aliphatic hydroxyl groups excluding tert-OH is 2. The Hall–Kier alpha value is -5.94. The number of amides is 2. The smallest absolute Gasteiger partial charge is 0.408 e. The average Bonchev–Trinajstić information content (AvgIpc) is 3.32. The Morgan fingerprint density at radius 1 is 0.534 bits per heavy atom. The van der Waals surface area contributed by atoms with E-state index in [4.69, 9.17) is 23.7 Å². The van der Waals surface area contributed by atoms with Crippen LogP contribution in [0.2, 0.25) is 0 Å². The van der Waals surface area contributed by atoms with Gasteiger partial charge in [0.1, 0.15) is 34.9 Å². The van der Waals surface area contributed by atoms with E-state index in [9.17, 15) is 43.3 Å². The molecule has 0 aliphatic carbocycles. The van der Waals surface area contributed by atoms with E-state index in [-0.39, 0.29) is 55.6 Å². The number of nitrogens with one attached hydrogen (secondary N) is 2. The molecule has 0 fully saturated rings. The first-order valence-electron chi connectivity index (χ1n) is 24.9. The molecule has 0 saturated heterocycles. The number of methoxy groups -OCH3 is 1. The first-order valence-corrected chi connectivity index (χ1v) is 24.9. The quantitative estimate of drug-likeness (QED) is 0.0295. The molecule has 8 atom stereocenters. The van der Waals surface area contributed by atoms with Gasteiger partial charge in [-0.15, -0.1) is 0 Å². The van der Waals surface area contributed by atoms with E-state index in [0.29, 0.717) is 32.1 Å². The van der Waals surface area contributed by atoms with Crippen LogP contribution in [0.3, 0.4) is 0 Å². The Balaban J connectivity index is 0.000000385. The van der Waals surface area contributed by atoms with Crippen LogP contribution in [0.15, 0.2) is 109 Å². The Morgan fingerprint density at radius 3 is 1.22 bits per heavy atom. The summed E-state index contributed by atoms with van der Waals surface area (Å²) in [5.74, 6) is -3.02. The SMILES string of the molecule is COC(=O)[C@H](CCO[C@H](CCc1ccccc1)[C@@H](Cc1ccc(F)cc1)[C@H](C)O)NC(=O)OC(C)(C)C.C[C@H](O)[C@H](Cc1ccc(F)cc1)[C@@H](CCc1ccccc1)OCC[C@H](NC(=O)OC(C)(C)C)C(=O)O. The van der Waals surface area contributed by atoms with Crippen LogP contribution in [-0.2, 0) is 59.0 Å². The maximum Gasteiger partial charge on any atom is 0.408 e. The molecule has 5 N–H and O–H groups in total. The van der Waals surface area contributed by atoms with Crippen LogP contribution in [0, 0.1) is 23.5 Å². The predicted octanol–water partition coefficient (Wildman–Crippen LogP) is 9.59. The van der Waals surface area contributed by atoms with Crippen LogP contribution in [0.1, 0.15) is 103 Å². The van der Waals surface area contributed by atoms with Crippen molar-refractivity contribution in [3.8, 4) is 0 Å². The molecule has 16 heteroatoms. The van der Waals surface area contributed by atoms with Gasteiger partial charge in [0.25, 0.3) is 0 Å². The minimum absolute atomic E-state index is 0.0273. The van der Waals surface area contributed by atoms with Crippen molar-refractivity contribution in [3.63, 3.8) is 0 Å². The average molecular weight is 1020 g/mol. The first-order chi connectivity index (χ1) is 34.4. The fourth-order valence-electron chi connectivity index (χ4n) is 7.98. The van der Waals surface area contributed by atoms with E-state index >= 15 is 0 Å². The van der Waals surface area contributed by atoms with Crippen molar-refractivity contribution >= 4 is 24.1 Å². The summed E-state index contributed by atoms with van der Waals surface area (Å²) in [5, 5.41) is 35.7. The van der Waals surface area contributed by atoms with Crippen molar-refractivity contribution in [2.45, 2.75) is 154 Å². The molecule has 14 nitrogen and oxygen atoms in total. The van der Waals surface area contributed by atoms with E-state index < -0.39 is 65.7 Å². The van der Waals surface area contributed by atoms with Crippen molar-refractivity contribution in [1.82, 2.24) is 10.6 Å². The van der Waals surface area contributed by atoms with Crippen molar-refractivity contribution in [2.24, 2.45) is 11.8 Å². The predicted molar refractivity (Wildman–Crippen MR) is 275 cm³/mol. The lowest BCUT2D eigenvalue weighted by molar-refractivity contribution is -0.144. The molecular weight excluding hydrogens is 943 g/mol. The lowest BCUT2D eigenvalue weighted by atomic mass is 9.86. The van der Waals surface area contributed by atoms with Gasteiger partial charge in [-0.05, 0) is 140 Å². The zero-order valence-corrected chi connectivity index (χ0v) is 43.9. The number of aliphatic carboxylic acids is 1. The normalized spacial score (nSPS) is 14.9. The second kappa shape index (κ2) is 30.9. The highest BCUT2D eigenvalue weighted by Crippen LogP contribution is 2.26. The number of rotatable bonds is 26. The molecule has 0 heterocycles. The third kappa shape index (κ3) is 25.0. The van der Waals surface area contributed by atoms with Crippen molar-refractivity contribution in [2.75, 3.05) is 20.3 Å². The number of carboxylic acids is 1. The molecule has 0 aromatic heterocycles. The molecular formula is C57H78F2N2O12. The van der Waals surface area contributed by atoms with Gasteiger partial charge in [0, 0.05) is 37.9 Å². The van der Waals surface area contributed by atoms with Crippen molar-refractivity contribution in [3.05, 3.63) is 143 Å². The van der Waals surface area contributed by atoms with E-state index in [1.54, 1.807) is 79.7 Å². The van der Waals surface area contributed by atoms with E-state index in [1.807, 2.05) is 60.7 Å². The maximum atomic E-state index is 13.4. The molecule has 4 aromatic rings. The summed E-state index contributed by atoms with van der Waals surface area (Å²) < 4.78 is 54.5. The molecule has 73 heavy (non-hydrogen) atoms. The molecule has 402 valence electrons. The fourth-order valence-corrected chi connectivity index (χ4v) is 7.98. The summed E-state index contributed by atoms with van der Waals surface area (Å²) in [4.78, 5) is 48.3. The van der Waals surface area contributed by atoms with Crippen molar-refractivity contribution < 1.29 is 67.0 Å². The van der Waals surface area contributed by atoms with Gasteiger partial charge < -0.3 is 49.6 Å². The first kappa shape index (κ1) is 61.4. The number of carboxylic acid groups (broad SMARTS) is 1. The van der Waals surface area contributed by atoms with Crippen LogP contribution in [0.5, 0.6) is 0 Å². The molecule has 0 aliphatic heterocycles. The number of aliphatic hydroxyl groups is 2. The summed E-state index contributed by atoms with van der Waals surface area (Å²) >= 11 is 0. The number of carbonyl (C=O) groups is 4. The van der Waals surface area contributed by atoms with E-state index in [1.165, 1.54) is 31.4 Å². The molecule has 0 unspecified atom stereocenters. The standard InChI is InChI=1S/C29H40FNO6.C28H38FNO6/c1-20(32)24(19-22-11-14-23(30)15-12-22)26(16-13-21-9-7-6-8-10-21)36-18-17-25(27(33)35-5)31-28(34)37-29(2,3)4;1-19(31)23(18-21-10-13-22(29)14-11-21)25(15-12-20-8-6-5-7-9-20)35-17-16-24(26(32)33)30-27(34)36-28(2,3)4/h6-12,14-15,20,24-26,32H,13,16-19H2,1-5H3,(H,31,34);5-11,13-14,19,23-25,31H,12,15-18H2,1-4H3,(H,30,34)(H,32,33)/t20-,24-,25-,26+;19-,23-,24-,25+/m00/s1. The molecule has 4 aromatic carbocycles. The topological polar surface area (TPSA) is 199 Å². The summed E-state index contributed by atoms with van der Waals surface area (Å²) in [6.07, 6.45) is 0.118. The van der Waals surface area contributed by atoms with Gasteiger partial charge >= 0.3 is 24.1 Å². The van der Waals surface area contributed by atoms with E-state index in [2.05, 4.69) is 10.6 Å². The van der Waals surface area contributed by atoms with Gasteiger partial charge in [-0.25, -0.2) is 28.0 Å². The fraction of sp³-hybridized carbons (Fsp3) is 0.509. The Morgan fingerprint density at radius 2 is 0.890 bits per heavy atom. The third-order valence-corrected chi connectivity index (χ3v) is 11.7. The number of alkyl carbamates (subject to hydrolysis) is 2. The molecule has 0 aliphatic rings. The lowest BCUT2D eigenvalue weighted by Gasteiger charge is -2.30. The highest BCUT2D eigenvalue weighted by atomic mass is 19.1. The summed E-state index contributed by atoms with van der Waals surface area (Å²) in [6.45, 7) is 13.9. The zero-order chi connectivity index (χ0) is 54.1. The highest BCUT2D eigenvalue weighted by molar-refractivity contribution is 5.81. The van der Waals surface area contributed by atoms with Crippen LogP contribution in [0.4, 0.5) is 18.4 Å². The number of esters is 1. The molecule has 2 amide bonds. The number of hydrogen-bond donors (Lipinski definition) is 5. The second-order valence-corrected chi connectivity index (χ2v) is 20.2. The molecule has 0 spiro atoms. The number of carbonyl (C=O) groups excluding carboxylic acids is 3. The van der Waals surface area contributed by atoms with Gasteiger partial charge in [-0.2, -0.15) is 0 Å². The van der Waals surface area contributed by atoms with Gasteiger partial charge in [0.15, 0.2) is 0 Å². The zero-order valence-electron chi connectivity index (χ0n) is 43.9. The second-order valence-electron chi connectivity index (χ2n) is 20.2. The summed E-state index contributed by atoms with van der Waals surface area (Å²) in [6, 6.07) is 30.1.